The number of aryl methyl sites for hydroxylation is 1. The molecular weight excluding hydrogens is 646 g/mol. The fourth-order valence-corrected chi connectivity index (χ4v) is 5.20. The minimum absolute atomic E-state index is 0.0895. The highest BCUT2D eigenvalue weighted by atomic mass is 35.5. The third-order valence-electron chi connectivity index (χ3n) is 7.72. The number of pyridine rings is 2. The van der Waals surface area contributed by atoms with Crippen LogP contribution in [0.3, 0.4) is 0 Å². The summed E-state index contributed by atoms with van der Waals surface area (Å²) in [5.74, 6) is -3.84. The van der Waals surface area contributed by atoms with E-state index >= 15 is 0 Å². The lowest BCUT2D eigenvalue weighted by atomic mass is 9.80. The van der Waals surface area contributed by atoms with Gasteiger partial charge in [-0.15, -0.1) is 0 Å². The Morgan fingerprint density at radius 3 is 2.41 bits per heavy atom. The number of primary amides is 1. The molecule has 1 aliphatic heterocycles. The molecule has 16 heteroatoms. The highest BCUT2D eigenvalue weighted by Gasteiger charge is 2.60. The summed E-state index contributed by atoms with van der Waals surface area (Å²) >= 11 is 6.15. The van der Waals surface area contributed by atoms with Crippen molar-refractivity contribution in [3.63, 3.8) is 0 Å². The topological polar surface area (TPSA) is 137 Å². The molecule has 2 aromatic heterocycles. The summed E-state index contributed by atoms with van der Waals surface area (Å²) in [7, 11) is 1.29. The molecule has 2 aromatic carbocycles. The van der Waals surface area contributed by atoms with Gasteiger partial charge in [-0.05, 0) is 55.5 Å². The maximum atomic E-state index is 14.7. The molecule has 3 heterocycles. The second-order valence-electron chi connectivity index (χ2n) is 10.5. The number of aromatic nitrogens is 2. The number of nitrogens with one attached hydrogen (secondary N) is 1. The molecule has 0 fully saturated rings. The highest BCUT2D eigenvalue weighted by Crippen LogP contribution is 2.49. The molecule has 1 aliphatic rings. The van der Waals surface area contributed by atoms with E-state index in [1.54, 1.807) is 6.92 Å². The first kappa shape index (κ1) is 32.8. The number of methoxy groups -OCH3 is 1. The summed E-state index contributed by atoms with van der Waals surface area (Å²) in [4.78, 5) is 33.7. The van der Waals surface area contributed by atoms with E-state index in [1.807, 2.05) is 5.32 Å². The van der Waals surface area contributed by atoms with Gasteiger partial charge in [-0.25, -0.2) is 23.1 Å². The van der Waals surface area contributed by atoms with Crippen LogP contribution >= 0.6 is 11.6 Å². The average Bonchev–Trinajstić information content (AvgIpc) is 3.40. The Hall–Kier alpha value is -4.63. The number of alkyl halides is 5. The smallest absolute Gasteiger partial charge is 0.424 e. The van der Waals surface area contributed by atoms with Crippen LogP contribution in [0.4, 0.5) is 26.3 Å². The molecule has 242 valence electrons. The van der Waals surface area contributed by atoms with Gasteiger partial charge in [-0.1, -0.05) is 11.6 Å². The zero-order valence-corrected chi connectivity index (χ0v) is 24.6. The second kappa shape index (κ2) is 11.6. The van der Waals surface area contributed by atoms with Gasteiger partial charge in [0.2, 0.25) is 11.5 Å². The number of carbonyl (C=O) groups is 2. The van der Waals surface area contributed by atoms with Crippen molar-refractivity contribution in [1.82, 2.24) is 15.3 Å². The van der Waals surface area contributed by atoms with Crippen LogP contribution in [0.1, 0.15) is 27.3 Å². The number of ether oxygens (including phenoxy) is 2. The molecule has 0 saturated heterocycles. The third kappa shape index (κ3) is 5.32. The van der Waals surface area contributed by atoms with Crippen molar-refractivity contribution in [2.75, 3.05) is 20.3 Å². The van der Waals surface area contributed by atoms with E-state index in [0.717, 1.165) is 24.3 Å². The summed E-state index contributed by atoms with van der Waals surface area (Å²) in [6.07, 6.45) is -9.12. The lowest BCUT2D eigenvalue weighted by Crippen LogP contribution is -2.52. The van der Waals surface area contributed by atoms with E-state index in [1.165, 1.54) is 25.3 Å². The summed E-state index contributed by atoms with van der Waals surface area (Å²) in [6, 6.07) is 8.46. The van der Waals surface area contributed by atoms with Gasteiger partial charge in [0.25, 0.3) is 12.3 Å². The van der Waals surface area contributed by atoms with Gasteiger partial charge in [0.15, 0.2) is 5.41 Å². The summed E-state index contributed by atoms with van der Waals surface area (Å²) in [5.41, 5.74) is -3.66. The van der Waals surface area contributed by atoms with Gasteiger partial charge in [-0.3, -0.25) is 9.59 Å². The summed E-state index contributed by atoms with van der Waals surface area (Å²) < 4.78 is 97.2. The Labute approximate surface area is 261 Å². The number of nitrogens with two attached hydrogens (primary N) is 1. The van der Waals surface area contributed by atoms with E-state index in [-0.39, 0.29) is 21.9 Å². The van der Waals surface area contributed by atoms with Crippen molar-refractivity contribution in [2.45, 2.75) is 30.5 Å². The van der Waals surface area contributed by atoms with Crippen molar-refractivity contribution < 1.29 is 50.5 Å². The van der Waals surface area contributed by atoms with Crippen molar-refractivity contribution in [2.24, 2.45) is 5.73 Å². The molecule has 5 rings (SSSR count). The molecule has 9 nitrogen and oxygen atoms in total. The molecule has 46 heavy (non-hydrogen) atoms. The van der Waals surface area contributed by atoms with Crippen LogP contribution in [0.15, 0.2) is 48.5 Å². The van der Waals surface area contributed by atoms with Crippen molar-refractivity contribution >= 4 is 34.3 Å². The lowest BCUT2D eigenvalue weighted by Gasteiger charge is -2.32. The van der Waals surface area contributed by atoms with E-state index in [2.05, 4.69) is 9.97 Å². The molecule has 0 saturated carbocycles. The van der Waals surface area contributed by atoms with Crippen LogP contribution in [0.25, 0.3) is 22.2 Å². The Balaban J connectivity index is 1.62. The van der Waals surface area contributed by atoms with Gasteiger partial charge in [0.1, 0.15) is 35.1 Å². The standard InChI is InChI=1S/C30H23ClF6N4O5/c1-13-19(31)8-15-7-16(9-20(45-2)22(15)40-13)25(42)39-11-29(44,30(35,36)37)21-10-18-24(46-12-28(18,26(33)34)27(38)43)23(41-21)14-3-5-17(32)6-4-14/h3-10,26,44H,11-12H2,1-2H3,(H2,38,43)(H,39,42)/t28-,29?/m1/s1. The molecule has 2 amide bonds. The molecule has 0 aliphatic carbocycles. The normalized spacial score (nSPS) is 17.4. The zero-order valence-electron chi connectivity index (χ0n) is 23.8. The van der Waals surface area contributed by atoms with Crippen LogP contribution < -0.4 is 20.5 Å². The number of amides is 2. The van der Waals surface area contributed by atoms with Crippen molar-refractivity contribution in [1.29, 1.82) is 0 Å². The van der Waals surface area contributed by atoms with Crippen LogP contribution in [0.5, 0.6) is 11.5 Å². The van der Waals surface area contributed by atoms with Gasteiger partial charge >= 0.3 is 6.18 Å². The monoisotopic (exact) mass is 668 g/mol. The van der Waals surface area contributed by atoms with Crippen molar-refractivity contribution in [3.8, 4) is 22.8 Å². The number of hydrogen-bond donors (Lipinski definition) is 3. The minimum Gasteiger partial charge on any atom is -0.494 e. The number of benzene rings is 2. The number of hydrogen-bond acceptors (Lipinski definition) is 7. The van der Waals surface area contributed by atoms with Gasteiger partial charge in [-0.2, -0.15) is 13.2 Å². The fraction of sp³-hybridized carbons (Fsp3) is 0.267. The molecule has 1 unspecified atom stereocenters. The predicted molar refractivity (Wildman–Crippen MR) is 152 cm³/mol. The van der Waals surface area contributed by atoms with Crippen LogP contribution in [-0.4, -0.2) is 59.8 Å². The minimum atomic E-state index is -5.57. The maximum Gasteiger partial charge on any atom is 0.424 e. The number of carbonyl (C=O) groups excluding carboxylic acids is 2. The second-order valence-corrected chi connectivity index (χ2v) is 10.9. The summed E-state index contributed by atoms with van der Waals surface area (Å²) in [5, 5.41) is 13.8. The maximum absolute atomic E-state index is 14.7. The van der Waals surface area contributed by atoms with E-state index in [9.17, 15) is 41.0 Å². The Morgan fingerprint density at radius 2 is 1.83 bits per heavy atom. The summed E-state index contributed by atoms with van der Waals surface area (Å²) in [6.45, 7) is -0.969. The number of fused-ring (bicyclic) bond motifs is 2. The molecule has 4 N–H and O–H groups in total. The molecular formula is C30H23ClF6N4O5. The first-order valence-corrected chi connectivity index (χ1v) is 13.7. The van der Waals surface area contributed by atoms with E-state index in [4.69, 9.17) is 26.8 Å². The Bertz CT molecular complexity index is 1870. The fourth-order valence-electron chi connectivity index (χ4n) is 5.04. The Morgan fingerprint density at radius 1 is 1.15 bits per heavy atom. The molecule has 2 atom stereocenters. The van der Waals surface area contributed by atoms with Crippen LogP contribution in [0, 0.1) is 12.7 Å². The Kier molecular flexibility index (Phi) is 8.28. The van der Waals surface area contributed by atoms with Gasteiger partial charge < -0.3 is 25.6 Å². The highest BCUT2D eigenvalue weighted by molar-refractivity contribution is 6.31. The first-order valence-electron chi connectivity index (χ1n) is 13.3. The van der Waals surface area contributed by atoms with Crippen LogP contribution in [-0.2, 0) is 15.8 Å². The lowest BCUT2D eigenvalue weighted by molar-refractivity contribution is -0.265. The predicted octanol–water partition coefficient (Wildman–Crippen LogP) is 4.97. The van der Waals surface area contributed by atoms with Gasteiger partial charge in [0, 0.05) is 22.1 Å². The number of nitrogens with zero attached hydrogens (tertiary/aromatic N) is 2. The first-order chi connectivity index (χ1) is 21.5. The van der Waals surface area contributed by atoms with Crippen molar-refractivity contribution in [3.05, 3.63) is 81.9 Å². The average molecular weight is 669 g/mol. The van der Waals surface area contributed by atoms with Crippen LogP contribution in [0.2, 0.25) is 5.02 Å². The largest absolute Gasteiger partial charge is 0.494 e. The van der Waals surface area contributed by atoms with E-state index in [0.29, 0.717) is 22.7 Å². The number of aliphatic hydroxyl groups is 1. The number of rotatable bonds is 8. The molecule has 0 bridgehead atoms. The van der Waals surface area contributed by atoms with Gasteiger partial charge in [0.05, 0.1) is 30.1 Å². The third-order valence-corrected chi connectivity index (χ3v) is 8.10. The molecule has 4 aromatic rings. The zero-order chi connectivity index (χ0) is 33.8. The quantitative estimate of drug-likeness (QED) is 0.226. The molecule has 0 spiro atoms. The SMILES string of the molecule is COc1cc(C(=O)NCC(O)(c2cc3c(c(-c4ccc(F)cc4)n2)OC[C@]3(C(N)=O)C(F)F)C(F)(F)F)cc2cc(Cl)c(C)nc12. The molecule has 0 radical (unpaired) electrons. The number of halogens is 7. The van der Waals surface area contributed by atoms with E-state index < -0.39 is 77.1 Å².